The Bertz CT molecular complexity index is 344. The van der Waals surface area contributed by atoms with Crippen LogP contribution in [-0.2, 0) is 0 Å². The van der Waals surface area contributed by atoms with Gasteiger partial charge in [-0.25, -0.2) is 0 Å². The minimum atomic E-state index is -0.378. The number of rotatable bonds is 5. The van der Waals surface area contributed by atoms with Crippen LogP contribution in [0, 0.1) is 0 Å². The lowest BCUT2D eigenvalue weighted by Crippen LogP contribution is -2.54. The molecule has 2 N–H and O–H groups in total. The second kappa shape index (κ2) is 6.63. The molecule has 1 fully saturated rings. The molecular weight excluding hydrogens is 246 g/mol. The average Bonchev–Trinajstić information content (AvgIpc) is 2.87. The molecule has 1 aliphatic rings. The quantitative estimate of drug-likeness (QED) is 0.822. The molecule has 5 heteroatoms. The number of hydrogen-bond acceptors (Lipinski definition) is 5. The molecule has 2 rings (SSSR count). The molecule has 0 bridgehead atoms. The van der Waals surface area contributed by atoms with Gasteiger partial charge >= 0.3 is 0 Å². The standard InChI is InChI=1S/C13H23N3OS/c1-15-5-6-16(2)11(10-15)8-14-9-12(17)13-4-3-7-18-13/h3-4,7,11-12,14,17H,5-6,8-10H2,1-2H3. The maximum atomic E-state index is 9.98. The first-order chi connectivity index (χ1) is 8.66. The van der Waals surface area contributed by atoms with Crippen molar-refractivity contribution < 1.29 is 5.11 Å². The van der Waals surface area contributed by atoms with Crippen LogP contribution in [0.15, 0.2) is 17.5 Å². The van der Waals surface area contributed by atoms with Gasteiger partial charge in [0.25, 0.3) is 0 Å². The molecule has 102 valence electrons. The second-order valence-electron chi connectivity index (χ2n) is 5.09. The van der Waals surface area contributed by atoms with Crippen LogP contribution in [0.4, 0.5) is 0 Å². The molecule has 1 aromatic heterocycles. The lowest BCUT2D eigenvalue weighted by molar-refractivity contribution is 0.108. The van der Waals surface area contributed by atoms with Crippen LogP contribution in [0.25, 0.3) is 0 Å². The molecule has 0 amide bonds. The van der Waals surface area contributed by atoms with Gasteiger partial charge in [-0.05, 0) is 25.5 Å². The fourth-order valence-corrected chi connectivity index (χ4v) is 3.00. The van der Waals surface area contributed by atoms with Gasteiger partial charge in [-0.3, -0.25) is 4.90 Å². The predicted octanol–water partition coefficient (Wildman–Crippen LogP) is 0.617. The van der Waals surface area contributed by atoms with E-state index in [0.29, 0.717) is 12.6 Å². The van der Waals surface area contributed by atoms with Gasteiger partial charge in [0, 0.05) is 43.6 Å². The van der Waals surface area contributed by atoms with Crippen LogP contribution < -0.4 is 5.32 Å². The first kappa shape index (κ1) is 14.0. The van der Waals surface area contributed by atoms with E-state index in [0.717, 1.165) is 31.1 Å². The fourth-order valence-electron chi connectivity index (χ4n) is 2.29. The minimum absolute atomic E-state index is 0.378. The van der Waals surface area contributed by atoms with Crippen molar-refractivity contribution in [2.45, 2.75) is 12.1 Å². The first-order valence-electron chi connectivity index (χ1n) is 6.48. The summed E-state index contributed by atoms with van der Waals surface area (Å²) in [5.74, 6) is 0. The van der Waals surface area contributed by atoms with Gasteiger partial charge in [0.05, 0.1) is 0 Å². The van der Waals surface area contributed by atoms with Gasteiger partial charge in [0.15, 0.2) is 0 Å². The number of aliphatic hydroxyl groups is 1. The largest absolute Gasteiger partial charge is 0.386 e. The zero-order valence-electron chi connectivity index (χ0n) is 11.2. The van der Waals surface area contributed by atoms with Crippen LogP contribution in [0.1, 0.15) is 11.0 Å². The molecule has 0 saturated carbocycles. The van der Waals surface area contributed by atoms with Gasteiger partial charge in [-0.1, -0.05) is 6.07 Å². The van der Waals surface area contributed by atoms with E-state index >= 15 is 0 Å². The van der Waals surface area contributed by atoms with Crippen LogP contribution in [-0.4, -0.2) is 67.8 Å². The number of nitrogens with one attached hydrogen (secondary N) is 1. The third-order valence-electron chi connectivity index (χ3n) is 3.57. The van der Waals surface area contributed by atoms with Crippen LogP contribution >= 0.6 is 11.3 Å². The Morgan fingerprint density at radius 3 is 3.06 bits per heavy atom. The van der Waals surface area contributed by atoms with Crippen molar-refractivity contribution in [2.75, 3.05) is 46.8 Å². The SMILES string of the molecule is CN1CCN(C)C(CNCC(O)c2cccs2)C1. The van der Waals surface area contributed by atoms with Crippen molar-refractivity contribution in [1.29, 1.82) is 0 Å². The van der Waals surface area contributed by atoms with E-state index in [1.54, 1.807) is 11.3 Å². The van der Waals surface area contributed by atoms with Crippen LogP contribution in [0.2, 0.25) is 0 Å². The van der Waals surface area contributed by atoms with Gasteiger partial charge in [-0.15, -0.1) is 11.3 Å². The molecule has 4 nitrogen and oxygen atoms in total. The molecule has 1 saturated heterocycles. The Morgan fingerprint density at radius 1 is 1.50 bits per heavy atom. The molecule has 2 atom stereocenters. The number of thiophene rings is 1. The summed E-state index contributed by atoms with van der Waals surface area (Å²) in [6.07, 6.45) is -0.378. The Labute approximate surface area is 113 Å². The molecule has 2 unspecified atom stereocenters. The van der Waals surface area contributed by atoms with Crippen molar-refractivity contribution in [2.24, 2.45) is 0 Å². The summed E-state index contributed by atoms with van der Waals surface area (Å²) in [4.78, 5) is 5.80. The number of nitrogens with zero attached hydrogens (tertiary/aromatic N) is 2. The summed E-state index contributed by atoms with van der Waals surface area (Å²) < 4.78 is 0. The van der Waals surface area contributed by atoms with E-state index in [9.17, 15) is 5.11 Å². The van der Waals surface area contributed by atoms with E-state index in [1.807, 2.05) is 17.5 Å². The number of piperazine rings is 1. The highest BCUT2D eigenvalue weighted by molar-refractivity contribution is 7.10. The van der Waals surface area contributed by atoms with Gasteiger partial charge < -0.3 is 15.3 Å². The maximum absolute atomic E-state index is 9.98. The minimum Gasteiger partial charge on any atom is -0.386 e. The predicted molar refractivity (Wildman–Crippen MR) is 76.1 cm³/mol. The topological polar surface area (TPSA) is 38.7 Å². The number of likely N-dealkylation sites (N-methyl/N-ethyl adjacent to an activating group) is 2. The highest BCUT2D eigenvalue weighted by Crippen LogP contribution is 2.17. The van der Waals surface area contributed by atoms with E-state index < -0.39 is 0 Å². The lowest BCUT2D eigenvalue weighted by atomic mass is 10.2. The van der Waals surface area contributed by atoms with Crippen LogP contribution in [0.5, 0.6) is 0 Å². The summed E-state index contributed by atoms with van der Waals surface area (Å²) in [7, 11) is 4.34. The zero-order valence-corrected chi connectivity index (χ0v) is 12.0. The molecule has 1 aromatic rings. The molecule has 0 radical (unpaired) electrons. The highest BCUT2D eigenvalue weighted by atomic mass is 32.1. The van der Waals surface area contributed by atoms with E-state index in [-0.39, 0.29) is 6.10 Å². The van der Waals surface area contributed by atoms with Crippen LogP contribution in [0.3, 0.4) is 0 Å². The molecule has 18 heavy (non-hydrogen) atoms. The smallest absolute Gasteiger partial charge is 0.101 e. The molecular formula is C13H23N3OS. The Balaban J connectivity index is 1.71. The van der Waals surface area contributed by atoms with Crippen molar-refractivity contribution >= 4 is 11.3 Å². The first-order valence-corrected chi connectivity index (χ1v) is 7.35. The van der Waals surface area contributed by atoms with E-state index in [2.05, 4.69) is 29.2 Å². The maximum Gasteiger partial charge on any atom is 0.101 e. The average molecular weight is 269 g/mol. The van der Waals surface area contributed by atoms with E-state index in [4.69, 9.17) is 0 Å². The lowest BCUT2D eigenvalue weighted by Gasteiger charge is -2.37. The van der Waals surface area contributed by atoms with Gasteiger partial charge in [0.2, 0.25) is 0 Å². The number of hydrogen-bond donors (Lipinski definition) is 2. The Morgan fingerprint density at radius 2 is 2.33 bits per heavy atom. The molecule has 1 aliphatic heterocycles. The second-order valence-corrected chi connectivity index (χ2v) is 6.07. The van der Waals surface area contributed by atoms with Crippen molar-refractivity contribution in [3.8, 4) is 0 Å². The summed E-state index contributed by atoms with van der Waals surface area (Å²) in [5.41, 5.74) is 0. The monoisotopic (exact) mass is 269 g/mol. The van der Waals surface area contributed by atoms with Crippen molar-refractivity contribution in [1.82, 2.24) is 15.1 Å². The fraction of sp³-hybridized carbons (Fsp3) is 0.692. The summed E-state index contributed by atoms with van der Waals surface area (Å²) in [6.45, 7) is 4.93. The zero-order chi connectivity index (χ0) is 13.0. The molecule has 2 heterocycles. The number of aliphatic hydroxyl groups excluding tert-OH is 1. The van der Waals surface area contributed by atoms with Crippen molar-refractivity contribution in [3.63, 3.8) is 0 Å². The third-order valence-corrected chi connectivity index (χ3v) is 4.54. The molecule has 0 aliphatic carbocycles. The third kappa shape index (κ3) is 3.76. The highest BCUT2D eigenvalue weighted by Gasteiger charge is 2.21. The molecule has 0 spiro atoms. The molecule has 0 aromatic carbocycles. The Kier molecular flexibility index (Phi) is 5.14. The normalized spacial score (nSPS) is 24.3. The summed E-state index contributed by atoms with van der Waals surface area (Å²) in [6, 6.07) is 4.50. The Hall–Kier alpha value is -0.460. The summed E-state index contributed by atoms with van der Waals surface area (Å²) in [5, 5.41) is 15.4. The van der Waals surface area contributed by atoms with Gasteiger partial charge in [0.1, 0.15) is 6.10 Å². The van der Waals surface area contributed by atoms with Gasteiger partial charge in [-0.2, -0.15) is 0 Å². The van der Waals surface area contributed by atoms with E-state index in [1.165, 1.54) is 0 Å². The van der Waals surface area contributed by atoms with Crippen molar-refractivity contribution in [3.05, 3.63) is 22.4 Å². The summed E-state index contributed by atoms with van der Waals surface area (Å²) >= 11 is 1.61.